The predicted octanol–water partition coefficient (Wildman–Crippen LogP) is 2.77. The van der Waals surface area contributed by atoms with Crippen molar-refractivity contribution in [2.45, 2.75) is 37.4 Å². The zero-order valence-electron chi connectivity index (χ0n) is 21.5. The maximum atomic E-state index is 11.3. The Morgan fingerprint density at radius 3 is 2.63 bits per heavy atom. The van der Waals surface area contributed by atoms with E-state index in [1.54, 1.807) is 31.4 Å². The van der Waals surface area contributed by atoms with E-state index in [4.69, 9.17) is 14.2 Å². The SMILES string of the molecule is COc1cc([C@H]2Oc3cc(OC)c4c(c3C[C@H]2O)[C@H](CC[NH+]2C=CNC2)Cc2cc(O)ccc2-4)ccc1O. The minimum atomic E-state index is -0.785. The van der Waals surface area contributed by atoms with E-state index >= 15 is 0 Å². The van der Waals surface area contributed by atoms with Crippen LogP contribution in [-0.4, -0.2) is 48.9 Å². The van der Waals surface area contributed by atoms with Crippen LogP contribution >= 0.6 is 0 Å². The van der Waals surface area contributed by atoms with Crippen LogP contribution in [0.5, 0.6) is 28.7 Å². The van der Waals surface area contributed by atoms with Crippen LogP contribution in [-0.2, 0) is 12.8 Å². The smallest absolute Gasteiger partial charge is 0.160 e. The van der Waals surface area contributed by atoms with Gasteiger partial charge in [0.2, 0.25) is 0 Å². The molecular weight excluding hydrogens is 484 g/mol. The predicted molar refractivity (Wildman–Crippen MR) is 142 cm³/mol. The largest absolute Gasteiger partial charge is 0.508 e. The van der Waals surface area contributed by atoms with E-state index in [0.717, 1.165) is 59.4 Å². The van der Waals surface area contributed by atoms with E-state index in [0.29, 0.717) is 23.7 Å². The van der Waals surface area contributed by atoms with Crippen LogP contribution in [0.4, 0.5) is 0 Å². The van der Waals surface area contributed by atoms with Gasteiger partial charge in [-0.15, -0.1) is 0 Å². The molecule has 1 unspecified atom stereocenters. The summed E-state index contributed by atoms with van der Waals surface area (Å²) < 4.78 is 17.7. The number of hydrogen-bond donors (Lipinski definition) is 5. The van der Waals surface area contributed by atoms with E-state index in [9.17, 15) is 15.3 Å². The van der Waals surface area contributed by atoms with E-state index in [1.165, 1.54) is 12.0 Å². The maximum Gasteiger partial charge on any atom is 0.160 e. The van der Waals surface area contributed by atoms with Gasteiger partial charge in [0.25, 0.3) is 0 Å². The number of nitrogens with one attached hydrogen (secondary N) is 2. The summed E-state index contributed by atoms with van der Waals surface area (Å²) in [4.78, 5) is 1.36. The van der Waals surface area contributed by atoms with Gasteiger partial charge in [-0.05, 0) is 58.9 Å². The van der Waals surface area contributed by atoms with Crippen molar-refractivity contribution in [2.24, 2.45) is 0 Å². The molecule has 0 amide bonds. The Hall–Kier alpha value is -3.88. The Morgan fingerprint density at radius 2 is 1.87 bits per heavy atom. The number of ether oxygens (including phenoxy) is 3. The van der Waals surface area contributed by atoms with Crippen molar-refractivity contribution < 1.29 is 34.4 Å². The third-order valence-corrected chi connectivity index (χ3v) is 7.98. The van der Waals surface area contributed by atoms with E-state index in [2.05, 4.69) is 11.5 Å². The van der Waals surface area contributed by atoms with E-state index < -0.39 is 12.2 Å². The normalized spacial score (nSPS) is 23.0. The fraction of sp³-hybridized carbons (Fsp3) is 0.333. The molecule has 3 aromatic rings. The Kier molecular flexibility index (Phi) is 6.29. The molecule has 4 atom stereocenters. The number of quaternary nitrogens is 1. The first kappa shape index (κ1) is 24.5. The summed E-state index contributed by atoms with van der Waals surface area (Å²) in [6.07, 6.45) is 4.88. The number of hydrogen-bond acceptors (Lipinski definition) is 7. The molecule has 5 N–H and O–H groups in total. The monoisotopic (exact) mass is 517 g/mol. The van der Waals surface area contributed by atoms with Crippen molar-refractivity contribution in [2.75, 3.05) is 27.4 Å². The summed E-state index contributed by atoms with van der Waals surface area (Å²) in [5, 5.41) is 34.9. The summed E-state index contributed by atoms with van der Waals surface area (Å²) in [5.41, 5.74) is 6.05. The summed E-state index contributed by atoms with van der Waals surface area (Å²) in [6, 6.07) is 12.5. The van der Waals surface area contributed by atoms with Gasteiger partial charge in [-0.3, -0.25) is 4.90 Å². The van der Waals surface area contributed by atoms with Gasteiger partial charge < -0.3 is 34.8 Å². The number of methoxy groups -OCH3 is 2. The van der Waals surface area contributed by atoms with E-state index in [-0.39, 0.29) is 17.4 Å². The van der Waals surface area contributed by atoms with Crippen LogP contribution in [0.1, 0.15) is 40.7 Å². The lowest BCUT2D eigenvalue weighted by molar-refractivity contribution is -0.843. The van der Waals surface area contributed by atoms with Crippen molar-refractivity contribution >= 4 is 0 Å². The Morgan fingerprint density at radius 1 is 1.03 bits per heavy atom. The number of aliphatic hydroxyl groups is 1. The Balaban J connectivity index is 1.45. The number of phenols is 2. The van der Waals surface area contributed by atoms with Gasteiger partial charge >= 0.3 is 0 Å². The van der Waals surface area contributed by atoms with Crippen molar-refractivity contribution in [1.29, 1.82) is 0 Å². The quantitative estimate of drug-likeness (QED) is 0.343. The van der Waals surface area contributed by atoms with Crippen LogP contribution in [0.2, 0.25) is 0 Å². The molecule has 0 aromatic heterocycles. The molecule has 8 nitrogen and oxygen atoms in total. The number of rotatable bonds is 6. The molecule has 3 aromatic carbocycles. The molecule has 0 saturated heterocycles. The van der Waals surface area contributed by atoms with Gasteiger partial charge in [0.15, 0.2) is 18.2 Å². The van der Waals surface area contributed by atoms with E-state index in [1.807, 2.05) is 24.4 Å². The fourth-order valence-corrected chi connectivity index (χ4v) is 6.16. The number of aliphatic hydroxyl groups excluding tert-OH is 1. The van der Waals surface area contributed by atoms with Crippen LogP contribution in [0.25, 0.3) is 11.1 Å². The molecule has 3 aliphatic rings. The zero-order chi connectivity index (χ0) is 26.4. The highest BCUT2D eigenvalue weighted by Gasteiger charge is 2.38. The second-order valence-electron chi connectivity index (χ2n) is 10.2. The molecule has 2 heterocycles. The third kappa shape index (κ3) is 4.19. The van der Waals surface area contributed by atoms with Gasteiger partial charge in [0, 0.05) is 30.0 Å². The number of aromatic hydroxyl groups is 2. The van der Waals surface area contributed by atoms with Crippen LogP contribution in [0, 0.1) is 0 Å². The minimum absolute atomic E-state index is 0.0374. The van der Waals surface area contributed by atoms with Gasteiger partial charge in [-0.25, -0.2) is 0 Å². The number of phenolic OH excluding ortho intramolecular Hbond substituents is 2. The highest BCUT2D eigenvalue weighted by molar-refractivity contribution is 5.83. The van der Waals surface area contributed by atoms with Gasteiger partial charge in [-0.1, -0.05) is 12.1 Å². The topological polar surface area (TPSA) is 105 Å². The molecule has 198 valence electrons. The van der Waals surface area contributed by atoms with Crippen LogP contribution in [0.3, 0.4) is 0 Å². The Bertz CT molecular complexity index is 1400. The second kappa shape index (κ2) is 9.78. The lowest BCUT2D eigenvalue weighted by Crippen LogP contribution is -3.07. The van der Waals surface area contributed by atoms with Crippen molar-refractivity contribution in [3.8, 4) is 39.9 Å². The molecule has 2 aliphatic heterocycles. The summed E-state index contributed by atoms with van der Waals surface area (Å²) in [5.74, 6) is 2.21. The first-order chi connectivity index (χ1) is 18.5. The third-order valence-electron chi connectivity index (χ3n) is 7.98. The second-order valence-corrected chi connectivity index (χ2v) is 10.2. The fourth-order valence-electron chi connectivity index (χ4n) is 6.16. The summed E-state index contributed by atoms with van der Waals surface area (Å²) in [6.45, 7) is 1.82. The average Bonchev–Trinajstić information content (AvgIpc) is 3.45. The first-order valence-corrected chi connectivity index (χ1v) is 13.0. The molecule has 0 spiro atoms. The molecule has 0 radical (unpaired) electrons. The molecule has 6 rings (SSSR count). The van der Waals surface area contributed by atoms with Crippen LogP contribution in [0.15, 0.2) is 54.9 Å². The zero-order valence-corrected chi connectivity index (χ0v) is 21.5. The first-order valence-electron chi connectivity index (χ1n) is 13.0. The Labute approximate surface area is 221 Å². The molecule has 8 heteroatoms. The molecule has 1 aliphatic carbocycles. The average molecular weight is 518 g/mol. The van der Waals surface area contributed by atoms with Crippen molar-refractivity contribution in [3.05, 3.63) is 77.1 Å². The summed E-state index contributed by atoms with van der Waals surface area (Å²) in [7, 11) is 3.16. The molecule has 0 saturated carbocycles. The maximum absolute atomic E-state index is 11.3. The molecule has 0 bridgehead atoms. The van der Waals surface area contributed by atoms with Crippen LogP contribution < -0.4 is 24.4 Å². The number of benzene rings is 3. The lowest BCUT2D eigenvalue weighted by Gasteiger charge is -2.37. The van der Waals surface area contributed by atoms with Gasteiger partial charge in [-0.2, -0.15) is 0 Å². The van der Waals surface area contributed by atoms with Crippen molar-refractivity contribution in [3.63, 3.8) is 0 Å². The minimum Gasteiger partial charge on any atom is -0.508 e. The standard InChI is InChI=1S/C30H32N2O6/c1-36-26-13-18(3-6-23(26)34)30-24(35)14-22-25(38-30)15-27(37-2)29-21-5-4-20(33)12-19(21)11-17(28(22)29)7-9-32-10-8-31-16-32/h3-6,8,10,12-13,15,17,24,30-31,33-35H,7,9,11,14,16H2,1-2H3/p+1/t17-,24-,30-/m1/s1. The highest BCUT2D eigenvalue weighted by atomic mass is 16.5. The molecular formula is C30H33N2O6+. The molecule has 38 heavy (non-hydrogen) atoms. The summed E-state index contributed by atoms with van der Waals surface area (Å²) >= 11 is 0. The lowest BCUT2D eigenvalue weighted by atomic mass is 9.73. The highest BCUT2D eigenvalue weighted by Crippen LogP contribution is 2.53. The van der Waals surface area contributed by atoms with Gasteiger partial charge in [0.1, 0.15) is 29.6 Å². The van der Waals surface area contributed by atoms with Gasteiger partial charge in [0.05, 0.1) is 33.1 Å². The van der Waals surface area contributed by atoms with Crippen molar-refractivity contribution in [1.82, 2.24) is 5.32 Å². The number of fused-ring (bicyclic) bond motifs is 5. The molecule has 0 fully saturated rings.